The summed E-state index contributed by atoms with van der Waals surface area (Å²) in [7, 11) is -0.236. The number of aryl methyl sites for hydroxylation is 1. The van der Waals surface area contributed by atoms with Crippen LogP contribution >= 0.6 is 0 Å². The zero-order chi connectivity index (χ0) is 23.3. The van der Waals surface area contributed by atoms with Gasteiger partial charge in [-0.3, -0.25) is 4.79 Å². The van der Waals surface area contributed by atoms with Crippen LogP contribution in [0.5, 0.6) is 11.5 Å². The van der Waals surface area contributed by atoms with Crippen LogP contribution in [0.3, 0.4) is 0 Å². The minimum absolute atomic E-state index is 0.0107. The van der Waals surface area contributed by atoms with Gasteiger partial charge in [0.15, 0.2) is 0 Å². The van der Waals surface area contributed by atoms with Gasteiger partial charge in [0, 0.05) is 24.6 Å². The van der Waals surface area contributed by atoms with Crippen LogP contribution in [0.25, 0.3) is 0 Å². The number of carbonyl (C=O) groups excluding carboxylic acids is 1. The molecule has 8 heteroatoms. The van der Waals surface area contributed by atoms with E-state index in [1.54, 1.807) is 14.2 Å². The van der Waals surface area contributed by atoms with Gasteiger partial charge in [-0.2, -0.15) is 0 Å². The van der Waals surface area contributed by atoms with E-state index in [0.717, 1.165) is 16.7 Å². The number of nitrogens with one attached hydrogen (secondary N) is 1. The molecular weight excluding hydrogens is 428 g/mol. The molecule has 0 aliphatic carbocycles. The first-order valence-corrected chi connectivity index (χ1v) is 12.4. The van der Waals surface area contributed by atoms with Crippen molar-refractivity contribution in [2.24, 2.45) is 5.92 Å². The first-order valence-electron chi connectivity index (χ1n) is 10.8. The van der Waals surface area contributed by atoms with Gasteiger partial charge in [0.1, 0.15) is 11.5 Å². The Morgan fingerprint density at radius 2 is 1.81 bits per heavy atom. The second kappa shape index (κ2) is 10.4. The number of amides is 1. The number of rotatable bonds is 8. The number of methoxy groups -OCH3 is 2. The first kappa shape index (κ1) is 24.1. The molecule has 1 fully saturated rings. The van der Waals surface area contributed by atoms with Crippen LogP contribution in [0.4, 0.5) is 0 Å². The lowest BCUT2D eigenvalue weighted by atomic mass is 9.96. The predicted octanol–water partition coefficient (Wildman–Crippen LogP) is 3.43. The molecular formula is C24H32N2O5S. The average Bonchev–Trinajstić information content (AvgIpc) is 2.80. The van der Waals surface area contributed by atoms with Crippen LogP contribution in [0.15, 0.2) is 42.5 Å². The van der Waals surface area contributed by atoms with Crippen molar-refractivity contribution in [3.63, 3.8) is 0 Å². The number of ether oxygens (including phenoxy) is 2. The highest BCUT2D eigenvalue weighted by Crippen LogP contribution is 2.30. The van der Waals surface area contributed by atoms with E-state index in [1.807, 2.05) is 56.3 Å². The number of piperidine rings is 1. The maximum atomic E-state index is 12.9. The molecule has 0 saturated carbocycles. The SMILES string of the molecule is COc1ccc(OC)c(C(C)NC(=O)C2CCN(S(=O)(=O)Cc3ccccc3C)CC2)c1. The van der Waals surface area contributed by atoms with Gasteiger partial charge >= 0.3 is 0 Å². The Balaban J connectivity index is 1.59. The summed E-state index contributed by atoms with van der Waals surface area (Å²) in [6, 6.07) is 12.7. The molecule has 0 radical (unpaired) electrons. The summed E-state index contributed by atoms with van der Waals surface area (Å²) < 4.78 is 38.0. The quantitative estimate of drug-likeness (QED) is 0.652. The zero-order valence-electron chi connectivity index (χ0n) is 19.1. The number of hydrogen-bond donors (Lipinski definition) is 1. The van der Waals surface area contributed by atoms with Crippen LogP contribution < -0.4 is 14.8 Å². The van der Waals surface area contributed by atoms with Gasteiger partial charge in [0.25, 0.3) is 0 Å². The molecule has 1 N–H and O–H groups in total. The Morgan fingerprint density at radius 3 is 2.44 bits per heavy atom. The summed E-state index contributed by atoms with van der Waals surface area (Å²) >= 11 is 0. The van der Waals surface area contributed by atoms with E-state index < -0.39 is 10.0 Å². The summed E-state index contributed by atoms with van der Waals surface area (Å²) in [5.74, 6) is 1.06. The monoisotopic (exact) mass is 460 g/mol. The van der Waals surface area contributed by atoms with E-state index in [9.17, 15) is 13.2 Å². The lowest BCUT2D eigenvalue weighted by molar-refractivity contribution is -0.126. The van der Waals surface area contributed by atoms with Gasteiger partial charge in [0.2, 0.25) is 15.9 Å². The molecule has 1 amide bonds. The Bertz CT molecular complexity index is 1050. The molecule has 0 bridgehead atoms. The smallest absolute Gasteiger partial charge is 0.223 e. The molecule has 1 heterocycles. The highest BCUT2D eigenvalue weighted by Gasteiger charge is 2.32. The molecule has 0 aromatic heterocycles. The molecule has 7 nitrogen and oxygen atoms in total. The third-order valence-electron chi connectivity index (χ3n) is 6.08. The molecule has 174 valence electrons. The molecule has 1 aliphatic rings. The number of carbonyl (C=O) groups is 1. The van der Waals surface area contributed by atoms with E-state index >= 15 is 0 Å². The third kappa shape index (κ3) is 5.61. The lowest BCUT2D eigenvalue weighted by Gasteiger charge is -2.31. The maximum absolute atomic E-state index is 12.9. The van der Waals surface area contributed by atoms with E-state index in [4.69, 9.17) is 9.47 Å². The van der Waals surface area contributed by atoms with Crippen LogP contribution in [0, 0.1) is 12.8 Å². The van der Waals surface area contributed by atoms with E-state index in [2.05, 4.69) is 5.32 Å². The fourth-order valence-electron chi connectivity index (χ4n) is 4.04. The Labute approximate surface area is 190 Å². The Hall–Kier alpha value is -2.58. The van der Waals surface area contributed by atoms with Crippen molar-refractivity contribution in [2.45, 2.75) is 38.5 Å². The van der Waals surface area contributed by atoms with E-state index in [-0.39, 0.29) is 23.6 Å². The molecule has 0 spiro atoms. The maximum Gasteiger partial charge on any atom is 0.223 e. The fourth-order valence-corrected chi connectivity index (χ4v) is 5.71. The Kier molecular flexibility index (Phi) is 7.79. The molecule has 1 aliphatic heterocycles. The van der Waals surface area contributed by atoms with Crippen molar-refractivity contribution in [2.75, 3.05) is 27.3 Å². The van der Waals surface area contributed by atoms with Crippen LogP contribution in [-0.2, 0) is 20.6 Å². The number of hydrogen-bond acceptors (Lipinski definition) is 5. The van der Waals surface area contributed by atoms with Crippen LogP contribution in [-0.4, -0.2) is 45.9 Å². The van der Waals surface area contributed by atoms with Crippen molar-refractivity contribution in [3.8, 4) is 11.5 Å². The minimum Gasteiger partial charge on any atom is -0.497 e. The largest absolute Gasteiger partial charge is 0.497 e. The van der Waals surface area contributed by atoms with Crippen molar-refractivity contribution in [3.05, 3.63) is 59.2 Å². The summed E-state index contributed by atoms with van der Waals surface area (Å²) in [5, 5.41) is 3.05. The van der Waals surface area contributed by atoms with Crippen molar-refractivity contribution < 1.29 is 22.7 Å². The third-order valence-corrected chi connectivity index (χ3v) is 7.91. The van der Waals surface area contributed by atoms with Gasteiger partial charge in [0.05, 0.1) is 26.0 Å². The van der Waals surface area contributed by atoms with Crippen LogP contribution in [0.1, 0.15) is 42.5 Å². The second-order valence-corrected chi connectivity index (χ2v) is 10.2. The van der Waals surface area contributed by atoms with E-state index in [1.165, 1.54) is 4.31 Å². The van der Waals surface area contributed by atoms with E-state index in [0.29, 0.717) is 37.4 Å². The normalized spacial score (nSPS) is 16.4. The topological polar surface area (TPSA) is 84.9 Å². The molecule has 1 atom stereocenters. The molecule has 1 unspecified atom stereocenters. The molecule has 2 aromatic rings. The molecule has 32 heavy (non-hydrogen) atoms. The highest BCUT2D eigenvalue weighted by molar-refractivity contribution is 7.88. The van der Waals surface area contributed by atoms with Gasteiger partial charge in [-0.05, 0) is 56.0 Å². The highest BCUT2D eigenvalue weighted by atomic mass is 32.2. The van der Waals surface area contributed by atoms with Gasteiger partial charge in [-0.15, -0.1) is 0 Å². The van der Waals surface area contributed by atoms with Crippen LogP contribution in [0.2, 0.25) is 0 Å². The zero-order valence-corrected chi connectivity index (χ0v) is 19.9. The standard InChI is InChI=1S/C24H32N2O5S/c1-17-7-5-6-8-20(17)16-32(28,29)26-13-11-19(12-14-26)24(27)25-18(2)22-15-21(30-3)9-10-23(22)31-4/h5-10,15,18-19H,11-14,16H2,1-4H3,(H,25,27). The minimum atomic E-state index is -3.42. The molecule has 1 saturated heterocycles. The Morgan fingerprint density at radius 1 is 1.12 bits per heavy atom. The number of nitrogens with zero attached hydrogens (tertiary/aromatic N) is 1. The lowest BCUT2D eigenvalue weighted by Crippen LogP contribution is -2.43. The fraction of sp³-hybridized carbons (Fsp3) is 0.458. The average molecular weight is 461 g/mol. The summed E-state index contributed by atoms with van der Waals surface area (Å²) in [4.78, 5) is 12.9. The van der Waals surface area contributed by atoms with Gasteiger partial charge < -0.3 is 14.8 Å². The van der Waals surface area contributed by atoms with Gasteiger partial charge in [-0.1, -0.05) is 24.3 Å². The predicted molar refractivity (Wildman–Crippen MR) is 124 cm³/mol. The number of sulfonamides is 1. The summed E-state index contributed by atoms with van der Waals surface area (Å²) in [5.41, 5.74) is 2.61. The van der Waals surface area contributed by atoms with Crippen molar-refractivity contribution in [1.29, 1.82) is 0 Å². The summed E-state index contributed by atoms with van der Waals surface area (Å²) in [6.45, 7) is 4.52. The second-order valence-electron chi connectivity index (χ2n) is 8.19. The summed E-state index contributed by atoms with van der Waals surface area (Å²) in [6.07, 6.45) is 1.00. The van der Waals surface area contributed by atoms with Crippen molar-refractivity contribution >= 4 is 15.9 Å². The molecule has 2 aromatic carbocycles. The number of benzene rings is 2. The van der Waals surface area contributed by atoms with Gasteiger partial charge in [-0.25, -0.2) is 12.7 Å². The van der Waals surface area contributed by atoms with Crippen molar-refractivity contribution in [1.82, 2.24) is 9.62 Å². The molecule has 3 rings (SSSR count). The first-order chi connectivity index (χ1) is 15.2.